The van der Waals surface area contributed by atoms with Gasteiger partial charge in [0.15, 0.2) is 6.35 Å². The lowest BCUT2D eigenvalue weighted by atomic mass is 10.2. The first-order valence-corrected chi connectivity index (χ1v) is 9.73. The Labute approximate surface area is 133 Å². The minimum Gasteiger partial charge on any atom is -0.349 e. The molecule has 22 heavy (non-hydrogen) atoms. The number of rotatable bonds is 5. The lowest BCUT2D eigenvalue weighted by molar-refractivity contribution is 0.254. The number of methoxy groups -OCH3 is 1. The maximum absolute atomic E-state index is 5.76. The van der Waals surface area contributed by atoms with Gasteiger partial charge in [-0.05, 0) is 30.3 Å². The van der Waals surface area contributed by atoms with Crippen LogP contribution in [0.2, 0.25) is 0 Å². The van der Waals surface area contributed by atoms with Gasteiger partial charge in [0.2, 0.25) is 0 Å². The predicted molar refractivity (Wildman–Crippen MR) is 97.6 cm³/mol. The van der Waals surface area contributed by atoms with E-state index in [2.05, 4.69) is 85.0 Å². The molecule has 1 aliphatic carbocycles. The number of allylic oxidation sites excluding steroid dienone is 4. The number of benzene rings is 2. The minimum atomic E-state index is -1.64. The van der Waals surface area contributed by atoms with E-state index >= 15 is 0 Å². The molecule has 0 heterocycles. The van der Waals surface area contributed by atoms with Crippen LogP contribution in [0.1, 0.15) is 6.42 Å². The summed E-state index contributed by atoms with van der Waals surface area (Å²) >= 11 is 0. The highest BCUT2D eigenvalue weighted by Gasteiger charge is 2.49. The molecule has 3 rings (SSSR count). The van der Waals surface area contributed by atoms with Crippen molar-refractivity contribution < 1.29 is 4.74 Å². The third kappa shape index (κ3) is 2.79. The molecule has 0 radical (unpaired) electrons. The van der Waals surface area contributed by atoms with Crippen LogP contribution in [0.3, 0.4) is 0 Å². The highest BCUT2D eigenvalue weighted by Crippen LogP contribution is 2.62. The van der Waals surface area contributed by atoms with E-state index in [0.717, 1.165) is 12.8 Å². The Morgan fingerprint density at radius 1 is 0.909 bits per heavy atom. The molecule has 1 aliphatic rings. The predicted octanol–water partition coefficient (Wildman–Crippen LogP) is 4.14. The molecule has 0 saturated carbocycles. The quantitative estimate of drug-likeness (QED) is 0.754. The topological polar surface area (TPSA) is 9.23 Å². The normalized spacial score (nSPS) is 17.6. The van der Waals surface area contributed by atoms with Gasteiger partial charge in [-0.15, -0.1) is 0 Å². The minimum absolute atomic E-state index is 0.502. The SMILES string of the molecule is COC[P+](c1ccccc1)(c1ccccc1)C1C=CC=CC1. The van der Waals surface area contributed by atoms with Crippen LogP contribution in [0, 0.1) is 0 Å². The molecule has 1 nitrogen and oxygen atoms in total. The summed E-state index contributed by atoms with van der Waals surface area (Å²) in [4.78, 5) is 0. The summed E-state index contributed by atoms with van der Waals surface area (Å²) in [6.07, 6.45) is 10.8. The van der Waals surface area contributed by atoms with Crippen LogP contribution in [0.5, 0.6) is 0 Å². The van der Waals surface area contributed by atoms with Gasteiger partial charge < -0.3 is 4.74 Å². The van der Waals surface area contributed by atoms with E-state index in [1.165, 1.54) is 10.6 Å². The van der Waals surface area contributed by atoms with E-state index in [1.807, 2.05) is 7.11 Å². The number of hydrogen-bond acceptors (Lipinski definition) is 1. The van der Waals surface area contributed by atoms with Crippen LogP contribution in [-0.4, -0.2) is 19.1 Å². The summed E-state index contributed by atoms with van der Waals surface area (Å²) in [7, 11) is 0.186. The van der Waals surface area contributed by atoms with Gasteiger partial charge >= 0.3 is 0 Å². The van der Waals surface area contributed by atoms with Crippen molar-refractivity contribution in [1.29, 1.82) is 0 Å². The fraction of sp³-hybridized carbons (Fsp3) is 0.200. The highest BCUT2D eigenvalue weighted by atomic mass is 31.2. The van der Waals surface area contributed by atoms with Crippen LogP contribution in [0.15, 0.2) is 85.0 Å². The molecule has 0 N–H and O–H groups in total. The first-order valence-electron chi connectivity index (χ1n) is 7.69. The zero-order valence-electron chi connectivity index (χ0n) is 12.9. The third-order valence-corrected chi connectivity index (χ3v) is 8.91. The Balaban J connectivity index is 2.18. The average Bonchev–Trinajstić information content (AvgIpc) is 2.62. The maximum atomic E-state index is 5.76. The van der Waals surface area contributed by atoms with E-state index in [1.54, 1.807) is 0 Å². The lowest BCUT2D eigenvalue weighted by Gasteiger charge is -2.32. The monoisotopic (exact) mass is 309 g/mol. The van der Waals surface area contributed by atoms with Crippen molar-refractivity contribution in [1.82, 2.24) is 0 Å². The molecule has 0 saturated heterocycles. The van der Waals surface area contributed by atoms with Gasteiger partial charge in [0, 0.05) is 13.5 Å². The maximum Gasteiger partial charge on any atom is 0.166 e. The molecule has 0 bridgehead atoms. The summed E-state index contributed by atoms with van der Waals surface area (Å²) in [5.74, 6) is 0. The van der Waals surface area contributed by atoms with Gasteiger partial charge in [-0.2, -0.15) is 0 Å². The second kappa shape index (κ2) is 7.05. The average molecular weight is 309 g/mol. The molecule has 0 amide bonds. The summed E-state index contributed by atoms with van der Waals surface area (Å²) < 4.78 is 5.76. The lowest BCUT2D eigenvalue weighted by Crippen LogP contribution is -2.33. The zero-order chi connectivity index (χ0) is 15.3. The van der Waals surface area contributed by atoms with Crippen LogP contribution in [0.25, 0.3) is 0 Å². The van der Waals surface area contributed by atoms with Crippen LogP contribution in [-0.2, 0) is 4.74 Å². The van der Waals surface area contributed by atoms with Crippen molar-refractivity contribution in [2.45, 2.75) is 12.1 Å². The van der Waals surface area contributed by atoms with Gasteiger partial charge in [-0.25, -0.2) is 0 Å². The highest BCUT2D eigenvalue weighted by molar-refractivity contribution is 7.90. The Bertz CT molecular complexity index is 606. The fourth-order valence-electron chi connectivity index (χ4n) is 3.26. The Hall–Kier alpha value is -1.69. The smallest absolute Gasteiger partial charge is 0.166 e. The summed E-state index contributed by atoms with van der Waals surface area (Å²) in [5.41, 5.74) is 0.502. The largest absolute Gasteiger partial charge is 0.349 e. The van der Waals surface area contributed by atoms with Crippen molar-refractivity contribution in [2.75, 3.05) is 13.5 Å². The van der Waals surface area contributed by atoms with E-state index in [0.29, 0.717) is 5.66 Å². The molecule has 2 aromatic carbocycles. The Morgan fingerprint density at radius 3 is 1.95 bits per heavy atom. The van der Waals surface area contributed by atoms with Crippen LogP contribution < -0.4 is 10.6 Å². The molecule has 1 atom stereocenters. The van der Waals surface area contributed by atoms with Crippen molar-refractivity contribution >= 4 is 17.9 Å². The molecular weight excluding hydrogens is 287 g/mol. The van der Waals surface area contributed by atoms with E-state index in [9.17, 15) is 0 Å². The van der Waals surface area contributed by atoms with Gasteiger partial charge in [0.1, 0.15) is 23.5 Å². The number of hydrogen-bond donors (Lipinski definition) is 0. The molecule has 2 aromatic rings. The van der Waals surface area contributed by atoms with Crippen molar-refractivity contribution in [3.05, 3.63) is 85.0 Å². The molecule has 0 spiro atoms. The standard InChI is InChI=1S/C20H22OP/c1-21-17-22(18-11-5-2-6-12-18,19-13-7-3-8-14-19)20-15-9-4-10-16-20/h2-15,20H,16-17H2,1H3/q+1. The Kier molecular flexibility index (Phi) is 4.87. The van der Waals surface area contributed by atoms with E-state index in [-0.39, 0.29) is 0 Å². The Morgan fingerprint density at radius 2 is 1.50 bits per heavy atom. The summed E-state index contributed by atoms with van der Waals surface area (Å²) in [6, 6.07) is 21.8. The van der Waals surface area contributed by atoms with Crippen molar-refractivity contribution in [2.24, 2.45) is 0 Å². The summed E-state index contributed by atoms with van der Waals surface area (Å²) in [5, 5.41) is 2.85. The zero-order valence-corrected chi connectivity index (χ0v) is 13.8. The van der Waals surface area contributed by atoms with Gasteiger partial charge in [-0.1, -0.05) is 54.6 Å². The van der Waals surface area contributed by atoms with Gasteiger partial charge in [0.25, 0.3) is 0 Å². The molecular formula is C20H22OP+. The second-order valence-electron chi connectivity index (χ2n) is 5.57. The first-order chi connectivity index (χ1) is 10.9. The van der Waals surface area contributed by atoms with E-state index < -0.39 is 7.26 Å². The molecule has 0 aliphatic heterocycles. The summed E-state index contributed by atoms with van der Waals surface area (Å²) in [6.45, 7) is 0. The second-order valence-corrected chi connectivity index (χ2v) is 9.27. The van der Waals surface area contributed by atoms with Crippen LogP contribution in [0.4, 0.5) is 0 Å². The van der Waals surface area contributed by atoms with Gasteiger partial charge in [0.05, 0.1) is 0 Å². The molecule has 0 aromatic heterocycles. The number of ether oxygens (including phenoxy) is 1. The molecule has 2 heteroatoms. The third-order valence-electron chi connectivity index (χ3n) is 4.29. The molecule has 112 valence electrons. The fourth-order valence-corrected chi connectivity index (χ4v) is 7.51. The van der Waals surface area contributed by atoms with Crippen molar-refractivity contribution in [3.63, 3.8) is 0 Å². The van der Waals surface area contributed by atoms with Gasteiger partial charge in [-0.3, -0.25) is 0 Å². The molecule has 1 unspecified atom stereocenters. The van der Waals surface area contributed by atoms with Crippen molar-refractivity contribution in [3.8, 4) is 0 Å². The van der Waals surface area contributed by atoms with E-state index in [4.69, 9.17) is 4.74 Å². The first kappa shape index (κ1) is 15.2. The molecule has 0 fully saturated rings. The van der Waals surface area contributed by atoms with Crippen LogP contribution >= 0.6 is 7.26 Å².